The Morgan fingerprint density at radius 2 is 2.22 bits per heavy atom. The van der Waals surface area contributed by atoms with E-state index in [1.807, 2.05) is 39.0 Å². The van der Waals surface area contributed by atoms with E-state index in [1.165, 1.54) is 0 Å². The molecule has 0 radical (unpaired) electrons. The number of nitrogens with zero attached hydrogens (tertiary/aromatic N) is 1. The number of aromatic nitrogens is 1. The minimum Gasteiger partial charge on any atom is -0.441 e. The molecule has 5 heteroatoms. The molecule has 0 atom stereocenters. The lowest BCUT2D eigenvalue weighted by molar-refractivity contribution is 0.246. The maximum Gasteiger partial charge on any atom is 0.312 e. The van der Waals surface area contributed by atoms with Gasteiger partial charge in [0.2, 0.25) is 0 Å². The summed E-state index contributed by atoms with van der Waals surface area (Å²) in [6, 6.07) is 5.36. The van der Waals surface area contributed by atoms with Crippen LogP contribution in [0.25, 0.3) is 11.1 Å². The molecule has 0 unspecified atom stereocenters. The number of rotatable bonds is 3. The molecule has 3 N–H and O–H groups in total. The second-order valence-electron chi connectivity index (χ2n) is 5.02. The summed E-state index contributed by atoms with van der Waals surface area (Å²) in [6.07, 6.45) is 0. The van der Waals surface area contributed by atoms with Gasteiger partial charge in [0, 0.05) is 18.9 Å². The van der Waals surface area contributed by atoms with Crippen LogP contribution < -0.4 is 11.1 Å². The lowest BCUT2D eigenvalue weighted by Gasteiger charge is -2.25. The van der Waals surface area contributed by atoms with Crippen LogP contribution in [0.4, 0.5) is 4.79 Å². The van der Waals surface area contributed by atoms with Crippen molar-refractivity contribution in [3.63, 3.8) is 0 Å². The third-order valence-corrected chi connectivity index (χ3v) is 2.98. The summed E-state index contributed by atoms with van der Waals surface area (Å²) in [4.78, 5) is 15.0. The Morgan fingerprint density at radius 1 is 1.50 bits per heavy atom. The first-order chi connectivity index (χ1) is 8.38. The first-order valence-corrected chi connectivity index (χ1v) is 5.79. The molecule has 0 saturated heterocycles. The zero-order valence-electron chi connectivity index (χ0n) is 10.8. The third-order valence-electron chi connectivity index (χ3n) is 2.98. The molecule has 1 aromatic heterocycles. The van der Waals surface area contributed by atoms with E-state index in [0.717, 1.165) is 16.7 Å². The van der Waals surface area contributed by atoms with Gasteiger partial charge in [-0.05, 0) is 17.7 Å². The van der Waals surface area contributed by atoms with Gasteiger partial charge in [-0.3, -0.25) is 0 Å². The first kappa shape index (κ1) is 12.4. The van der Waals surface area contributed by atoms with Gasteiger partial charge in [-0.2, -0.15) is 0 Å². The van der Waals surface area contributed by atoms with Crippen molar-refractivity contribution in [1.29, 1.82) is 0 Å². The second kappa shape index (κ2) is 4.33. The zero-order chi connectivity index (χ0) is 13.3. The van der Waals surface area contributed by atoms with Gasteiger partial charge in [0.1, 0.15) is 5.52 Å². The van der Waals surface area contributed by atoms with Crippen molar-refractivity contribution in [3.8, 4) is 0 Å². The smallest absolute Gasteiger partial charge is 0.312 e. The summed E-state index contributed by atoms with van der Waals surface area (Å²) in [5.74, 6) is 0.648. The fraction of sp³-hybridized carbons (Fsp3) is 0.385. The van der Waals surface area contributed by atoms with Crippen molar-refractivity contribution in [1.82, 2.24) is 10.3 Å². The van der Waals surface area contributed by atoms with Crippen molar-refractivity contribution in [2.45, 2.75) is 26.2 Å². The van der Waals surface area contributed by atoms with E-state index in [9.17, 15) is 4.79 Å². The molecule has 0 bridgehead atoms. The van der Waals surface area contributed by atoms with Crippen molar-refractivity contribution >= 4 is 17.1 Å². The Labute approximate surface area is 105 Å². The number of aryl methyl sites for hydroxylation is 1. The molecule has 2 rings (SSSR count). The fourth-order valence-electron chi connectivity index (χ4n) is 1.87. The largest absolute Gasteiger partial charge is 0.441 e. The Bertz CT molecular complexity index is 587. The minimum atomic E-state index is -0.514. The number of hydrogen-bond acceptors (Lipinski definition) is 3. The molecule has 1 heterocycles. The number of benzene rings is 1. The highest BCUT2D eigenvalue weighted by Crippen LogP contribution is 2.26. The summed E-state index contributed by atoms with van der Waals surface area (Å²) in [5, 5.41) is 2.63. The van der Waals surface area contributed by atoms with Gasteiger partial charge >= 0.3 is 6.03 Å². The number of oxazole rings is 1. The Kier molecular flexibility index (Phi) is 2.98. The fourth-order valence-corrected chi connectivity index (χ4v) is 1.87. The van der Waals surface area contributed by atoms with E-state index in [0.29, 0.717) is 12.4 Å². The minimum absolute atomic E-state index is 0.218. The van der Waals surface area contributed by atoms with E-state index in [1.54, 1.807) is 0 Å². The molecular formula is C13H17N3O2. The Morgan fingerprint density at radius 3 is 2.89 bits per heavy atom. The molecule has 0 fully saturated rings. The monoisotopic (exact) mass is 247 g/mol. The number of carbonyl (C=O) groups excluding carboxylic acids is 1. The summed E-state index contributed by atoms with van der Waals surface area (Å²) in [6.45, 7) is 6.36. The molecule has 1 aromatic carbocycles. The summed E-state index contributed by atoms with van der Waals surface area (Å²) >= 11 is 0. The van der Waals surface area contributed by atoms with Crippen molar-refractivity contribution in [2.75, 3.05) is 6.54 Å². The van der Waals surface area contributed by atoms with Crippen LogP contribution in [0.15, 0.2) is 22.6 Å². The molecule has 0 aliphatic heterocycles. The van der Waals surface area contributed by atoms with E-state index >= 15 is 0 Å². The number of carbonyl (C=O) groups is 1. The van der Waals surface area contributed by atoms with Gasteiger partial charge in [0.25, 0.3) is 0 Å². The van der Waals surface area contributed by atoms with Crippen LogP contribution in [-0.2, 0) is 5.41 Å². The van der Waals surface area contributed by atoms with Gasteiger partial charge < -0.3 is 15.5 Å². The van der Waals surface area contributed by atoms with Crippen LogP contribution >= 0.6 is 0 Å². The molecule has 5 nitrogen and oxygen atoms in total. The zero-order valence-corrected chi connectivity index (χ0v) is 10.8. The predicted octanol–water partition coefficient (Wildman–Crippen LogP) is 2.08. The highest BCUT2D eigenvalue weighted by Gasteiger charge is 2.22. The van der Waals surface area contributed by atoms with Gasteiger partial charge in [0.05, 0.1) is 0 Å². The van der Waals surface area contributed by atoms with E-state index in [2.05, 4.69) is 10.3 Å². The van der Waals surface area contributed by atoms with Crippen LogP contribution in [0.5, 0.6) is 0 Å². The number of fused-ring (bicyclic) bond motifs is 1. The maximum absolute atomic E-state index is 10.8. The molecule has 0 aliphatic rings. The normalized spacial score (nSPS) is 11.7. The van der Waals surface area contributed by atoms with Gasteiger partial charge in [0.15, 0.2) is 11.5 Å². The highest BCUT2D eigenvalue weighted by atomic mass is 16.3. The Balaban J connectivity index is 2.31. The highest BCUT2D eigenvalue weighted by molar-refractivity contribution is 5.74. The third kappa shape index (κ3) is 2.45. The molecule has 18 heavy (non-hydrogen) atoms. The van der Waals surface area contributed by atoms with Gasteiger partial charge in [-0.1, -0.05) is 19.9 Å². The average molecular weight is 247 g/mol. The van der Waals surface area contributed by atoms with Crippen LogP contribution in [0, 0.1) is 6.92 Å². The van der Waals surface area contributed by atoms with Crippen LogP contribution in [-0.4, -0.2) is 17.6 Å². The average Bonchev–Trinajstić information content (AvgIpc) is 2.65. The number of urea groups is 1. The van der Waals surface area contributed by atoms with Crippen LogP contribution in [0.3, 0.4) is 0 Å². The Hall–Kier alpha value is -2.04. The molecule has 0 saturated carbocycles. The number of nitrogens with two attached hydrogens (primary N) is 1. The van der Waals surface area contributed by atoms with Gasteiger partial charge in [-0.25, -0.2) is 9.78 Å². The second-order valence-corrected chi connectivity index (χ2v) is 5.02. The quantitative estimate of drug-likeness (QED) is 0.871. The van der Waals surface area contributed by atoms with Crippen molar-refractivity contribution < 1.29 is 9.21 Å². The summed E-state index contributed by atoms with van der Waals surface area (Å²) < 4.78 is 5.51. The molecule has 96 valence electrons. The SMILES string of the molecule is Cc1nc2ccc(C(C)(C)CNC(N)=O)cc2o1. The topological polar surface area (TPSA) is 81.1 Å². The molecular weight excluding hydrogens is 230 g/mol. The molecule has 2 aromatic rings. The van der Waals surface area contributed by atoms with E-state index in [4.69, 9.17) is 10.2 Å². The number of amides is 2. The van der Waals surface area contributed by atoms with Gasteiger partial charge in [-0.15, -0.1) is 0 Å². The first-order valence-electron chi connectivity index (χ1n) is 5.79. The molecule has 2 amide bonds. The lowest BCUT2D eigenvalue weighted by Crippen LogP contribution is -2.39. The standard InChI is InChI=1S/C13H17N3O2/c1-8-16-10-5-4-9(6-11(10)18-8)13(2,3)7-15-12(14)17/h4-6H,7H2,1-3H3,(H3,14,15,17). The maximum atomic E-state index is 10.8. The van der Waals surface area contributed by atoms with E-state index in [-0.39, 0.29) is 5.41 Å². The lowest BCUT2D eigenvalue weighted by atomic mass is 9.84. The van der Waals surface area contributed by atoms with E-state index < -0.39 is 6.03 Å². The number of nitrogens with one attached hydrogen (secondary N) is 1. The summed E-state index contributed by atoms with van der Waals surface area (Å²) in [7, 11) is 0. The molecule has 0 aliphatic carbocycles. The number of primary amides is 1. The van der Waals surface area contributed by atoms with Crippen molar-refractivity contribution in [2.24, 2.45) is 5.73 Å². The van der Waals surface area contributed by atoms with Crippen molar-refractivity contribution in [3.05, 3.63) is 29.7 Å². The van der Waals surface area contributed by atoms with Crippen LogP contribution in [0.2, 0.25) is 0 Å². The molecule has 0 spiro atoms. The van der Waals surface area contributed by atoms with Crippen LogP contribution in [0.1, 0.15) is 25.3 Å². The predicted molar refractivity (Wildman–Crippen MR) is 69.4 cm³/mol. The number of hydrogen-bond donors (Lipinski definition) is 2. The summed E-state index contributed by atoms with van der Waals surface area (Å²) in [5.41, 5.74) is 7.55.